The molecule has 1 amide bonds. The van der Waals surface area contributed by atoms with Crippen molar-refractivity contribution in [1.82, 2.24) is 19.9 Å². The maximum Gasteiger partial charge on any atom is 0.231 e. The summed E-state index contributed by atoms with van der Waals surface area (Å²) in [5.41, 5.74) is 0.943. The van der Waals surface area contributed by atoms with Gasteiger partial charge in [-0.15, -0.1) is 0 Å². The molecule has 1 fully saturated rings. The number of fused-ring (bicyclic) bond motifs is 1. The van der Waals surface area contributed by atoms with E-state index in [1.54, 1.807) is 6.92 Å². The van der Waals surface area contributed by atoms with Gasteiger partial charge in [-0.1, -0.05) is 11.2 Å². The highest BCUT2D eigenvalue weighted by molar-refractivity contribution is 5.79. The monoisotopic (exact) mass is 344 g/mol. The molecule has 0 bridgehead atoms. The zero-order valence-corrected chi connectivity index (χ0v) is 14.1. The van der Waals surface area contributed by atoms with Gasteiger partial charge in [-0.25, -0.2) is 0 Å². The number of ether oxygens (including phenoxy) is 2. The minimum absolute atomic E-state index is 0.133. The van der Waals surface area contributed by atoms with Gasteiger partial charge in [-0.3, -0.25) is 9.69 Å². The third kappa shape index (κ3) is 3.58. The van der Waals surface area contributed by atoms with Gasteiger partial charge in [0.25, 0.3) is 0 Å². The third-order valence-electron chi connectivity index (χ3n) is 4.45. The van der Waals surface area contributed by atoms with Crippen LogP contribution in [-0.4, -0.2) is 58.8 Å². The Kier molecular flexibility index (Phi) is 4.27. The Bertz CT molecular complexity index is 768. The molecule has 1 aromatic carbocycles. The summed E-state index contributed by atoms with van der Waals surface area (Å²) in [6.45, 7) is 5.71. The summed E-state index contributed by atoms with van der Waals surface area (Å²) in [4.78, 5) is 20.9. The Morgan fingerprint density at radius 1 is 1.16 bits per heavy atom. The summed E-state index contributed by atoms with van der Waals surface area (Å²) in [5, 5.41) is 3.92. The first-order valence-corrected chi connectivity index (χ1v) is 8.35. The summed E-state index contributed by atoms with van der Waals surface area (Å²) in [7, 11) is 0. The molecular formula is C17H20N4O4. The molecular weight excluding hydrogens is 324 g/mol. The average Bonchev–Trinajstić information content (AvgIpc) is 3.24. The number of nitrogens with zero attached hydrogens (tertiary/aromatic N) is 4. The fraction of sp³-hybridized carbons (Fsp3) is 0.471. The first-order chi connectivity index (χ1) is 12.2. The van der Waals surface area contributed by atoms with Crippen LogP contribution in [0.3, 0.4) is 0 Å². The van der Waals surface area contributed by atoms with Crippen molar-refractivity contribution >= 4 is 5.91 Å². The maximum atomic E-state index is 12.5. The Morgan fingerprint density at radius 3 is 2.72 bits per heavy atom. The molecule has 0 unspecified atom stereocenters. The van der Waals surface area contributed by atoms with Gasteiger partial charge in [0.1, 0.15) is 0 Å². The largest absolute Gasteiger partial charge is 0.454 e. The van der Waals surface area contributed by atoms with Gasteiger partial charge in [-0.05, 0) is 17.7 Å². The molecule has 25 heavy (non-hydrogen) atoms. The molecule has 0 saturated carbocycles. The minimum atomic E-state index is 0.133. The molecule has 2 aliphatic rings. The zero-order chi connectivity index (χ0) is 17.2. The van der Waals surface area contributed by atoms with E-state index >= 15 is 0 Å². The Labute approximate surface area is 145 Å². The predicted octanol–water partition coefficient (Wildman–Crippen LogP) is 0.994. The van der Waals surface area contributed by atoms with E-state index in [0.29, 0.717) is 43.5 Å². The van der Waals surface area contributed by atoms with Crippen molar-refractivity contribution in [2.75, 3.05) is 33.0 Å². The van der Waals surface area contributed by atoms with Crippen molar-refractivity contribution in [3.8, 4) is 11.5 Å². The Hall–Kier alpha value is -2.61. The highest BCUT2D eigenvalue weighted by atomic mass is 16.7. The number of amides is 1. The molecule has 0 N–H and O–H groups in total. The first-order valence-electron chi connectivity index (χ1n) is 8.35. The number of aromatic nitrogens is 2. The van der Waals surface area contributed by atoms with E-state index in [2.05, 4.69) is 15.0 Å². The molecule has 2 aromatic rings. The number of carbonyl (C=O) groups excluding carboxylic acids is 1. The highest BCUT2D eigenvalue weighted by Crippen LogP contribution is 2.32. The molecule has 0 spiro atoms. The number of piperazine rings is 1. The highest BCUT2D eigenvalue weighted by Gasteiger charge is 2.23. The summed E-state index contributed by atoms with van der Waals surface area (Å²) in [5.74, 6) is 2.85. The fourth-order valence-corrected chi connectivity index (χ4v) is 3.10. The minimum Gasteiger partial charge on any atom is -0.454 e. The molecule has 1 aromatic heterocycles. The van der Waals surface area contributed by atoms with Gasteiger partial charge in [0.2, 0.25) is 18.6 Å². The van der Waals surface area contributed by atoms with Gasteiger partial charge in [0.15, 0.2) is 17.3 Å². The summed E-state index contributed by atoms with van der Waals surface area (Å²) in [6.07, 6.45) is 0.376. The van der Waals surface area contributed by atoms with E-state index in [-0.39, 0.29) is 12.7 Å². The van der Waals surface area contributed by atoms with Gasteiger partial charge in [0, 0.05) is 33.1 Å². The van der Waals surface area contributed by atoms with Crippen molar-refractivity contribution in [2.45, 2.75) is 19.9 Å². The first kappa shape index (κ1) is 15.9. The van der Waals surface area contributed by atoms with Crippen LogP contribution in [0.4, 0.5) is 0 Å². The van der Waals surface area contributed by atoms with Crippen LogP contribution in [-0.2, 0) is 17.8 Å². The lowest BCUT2D eigenvalue weighted by Gasteiger charge is -2.34. The van der Waals surface area contributed by atoms with Crippen LogP contribution in [0, 0.1) is 6.92 Å². The normalized spacial score (nSPS) is 17.1. The number of benzene rings is 1. The fourth-order valence-electron chi connectivity index (χ4n) is 3.10. The van der Waals surface area contributed by atoms with Crippen molar-refractivity contribution in [3.05, 3.63) is 35.5 Å². The molecule has 2 aliphatic heterocycles. The Morgan fingerprint density at radius 2 is 1.96 bits per heavy atom. The van der Waals surface area contributed by atoms with Crippen molar-refractivity contribution < 1.29 is 18.8 Å². The smallest absolute Gasteiger partial charge is 0.231 e. The molecule has 8 nitrogen and oxygen atoms in total. The van der Waals surface area contributed by atoms with Crippen LogP contribution in [0.1, 0.15) is 17.3 Å². The van der Waals surface area contributed by atoms with E-state index in [4.69, 9.17) is 14.0 Å². The van der Waals surface area contributed by atoms with E-state index in [9.17, 15) is 4.79 Å². The molecule has 3 heterocycles. The van der Waals surface area contributed by atoms with Crippen LogP contribution in [0.2, 0.25) is 0 Å². The van der Waals surface area contributed by atoms with Crippen molar-refractivity contribution in [1.29, 1.82) is 0 Å². The van der Waals surface area contributed by atoms with Gasteiger partial charge >= 0.3 is 0 Å². The second-order valence-corrected chi connectivity index (χ2v) is 6.25. The summed E-state index contributed by atoms with van der Waals surface area (Å²) in [6, 6.07) is 5.66. The van der Waals surface area contributed by atoms with E-state index in [0.717, 1.165) is 24.4 Å². The average molecular weight is 344 g/mol. The lowest BCUT2D eigenvalue weighted by Crippen LogP contribution is -2.48. The molecule has 0 atom stereocenters. The lowest BCUT2D eigenvalue weighted by molar-refractivity contribution is -0.132. The standard InChI is InChI=1S/C17H20N4O4/c1-12-18-16(19-25-12)10-20-4-6-21(7-5-20)17(22)9-13-2-3-14-15(8-13)24-11-23-14/h2-3,8H,4-7,9-11H2,1H3. The quantitative estimate of drug-likeness (QED) is 0.818. The van der Waals surface area contributed by atoms with Crippen molar-refractivity contribution in [2.24, 2.45) is 0 Å². The zero-order valence-electron chi connectivity index (χ0n) is 14.1. The molecule has 132 valence electrons. The number of rotatable bonds is 4. The van der Waals surface area contributed by atoms with Crippen molar-refractivity contribution in [3.63, 3.8) is 0 Å². The van der Waals surface area contributed by atoms with Crippen LogP contribution in [0.25, 0.3) is 0 Å². The van der Waals surface area contributed by atoms with Crippen LogP contribution >= 0.6 is 0 Å². The summed E-state index contributed by atoms with van der Waals surface area (Å²) >= 11 is 0. The Balaban J connectivity index is 1.29. The van der Waals surface area contributed by atoms with Gasteiger partial charge in [0.05, 0.1) is 13.0 Å². The van der Waals surface area contributed by atoms with E-state index in [1.165, 1.54) is 0 Å². The van der Waals surface area contributed by atoms with E-state index < -0.39 is 0 Å². The van der Waals surface area contributed by atoms with Gasteiger partial charge < -0.3 is 18.9 Å². The number of hydrogen-bond donors (Lipinski definition) is 0. The SMILES string of the molecule is Cc1nc(CN2CCN(C(=O)Cc3ccc4c(c3)OCO4)CC2)no1. The van der Waals surface area contributed by atoms with E-state index in [1.807, 2.05) is 23.1 Å². The number of carbonyl (C=O) groups is 1. The maximum absolute atomic E-state index is 12.5. The molecule has 0 radical (unpaired) electrons. The van der Waals surface area contributed by atoms with Crippen LogP contribution in [0.5, 0.6) is 11.5 Å². The topological polar surface area (TPSA) is 80.9 Å². The number of hydrogen-bond acceptors (Lipinski definition) is 7. The third-order valence-corrected chi connectivity index (χ3v) is 4.45. The van der Waals surface area contributed by atoms with Crippen LogP contribution in [0.15, 0.2) is 22.7 Å². The molecule has 1 saturated heterocycles. The predicted molar refractivity (Wildman–Crippen MR) is 87.2 cm³/mol. The second-order valence-electron chi connectivity index (χ2n) is 6.25. The molecule has 4 rings (SSSR count). The second kappa shape index (κ2) is 6.72. The molecule has 0 aliphatic carbocycles. The summed E-state index contributed by atoms with van der Waals surface area (Å²) < 4.78 is 15.7. The molecule has 8 heteroatoms. The lowest BCUT2D eigenvalue weighted by atomic mass is 10.1. The van der Waals surface area contributed by atoms with Crippen LogP contribution < -0.4 is 9.47 Å². The van der Waals surface area contributed by atoms with Gasteiger partial charge in [-0.2, -0.15) is 4.98 Å². The number of aryl methyl sites for hydroxylation is 1.